The number of carboxylic acids is 1. The van der Waals surface area contributed by atoms with Gasteiger partial charge in [-0.1, -0.05) is 41.4 Å². The Labute approximate surface area is 134 Å². The molecule has 7 heteroatoms. The number of amides is 2. The zero-order valence-corrected chi connectivity index (χ0v) is 12.3. The second-order valence-electron chi connectivity index (χ2n) is 4.56. The monoisotopic (exact) mass is 334 g/mol. The van der Waals surface area contributed by atoms with Crippen LogP contribution in [-0.4, -0.2) is 17.8 Å². The first kappa shape index (κ1) is 14.6. The van der Waals surface area contributed by atoms with E-state index in [2.05, 4.69) is 0 Å². The van der Waals surface area contributed by atoms with Crippen LogP contribution in [0.15, 0.2) is 36.4 Å². The van der Waals surface area contributed by atoms with Gasteiger partial charge in [0, 0.05) is 5.56 Å². The lowest BCUT2D eigenvalue weighted by Gasteiger charge is -2.18. The van der Waals surface area contributed by atoms with Crippen molar-refractivity contribution in [2.45, 2.75) is 0 Å². The molecule has 5 nitrogen and oxygen atoms in total. The maximum atomic E-state index is 12.4. The lowest BCUT2D eigenvalue weighted by Crippen LogP contribution is -2.33. The van der Waals surface area contributed by atoms with Crippen molar-refractivity contribution in [3.8, 4) is 0 Å². The fourth-order valence-corrected chi connectivity index (χ4v) is 2.62. The number of benzene rings is 2. The molecule has 0 fully saturated rings. The number of fused-ring (bicyclic) bond motifs is 1. The number of carboxylic acid groups (broad SMARTS) is 1. The summed E-state index contributed by atoms with van der Waals surface area (Å²) in [6.45, 7) is 0. The maximum Gasteiger partial charge on any atom is 0.266 e. The third kappa shape index (κ3) is 2.06. The average Bonchev–Trinajstić information content (AvgIpc) is 2.71. The van der Waals surface area contributed by atoms with Gasteiger partial charge in [0.2, 0.25) is 0 Å². The van der Waals surface area contributed by atoms with Gasteiger partial charge < -0.3 is 9.90 Å². The molecule has 0 aromatic heterocycles. The van der Waals surface area contributed by atoms with Crippen molar-refractivity contribution in [1.82, 2.24) is 0 Å². The van der Waals surface area contributed by atoms with E-state index in [0.717, 1.165) is 4.90 Å². The molecule has 3 rings (SSSR count). The Morgan fingerprint density at radius 2 is 1.45 bits per heavy atom. The van der Waals surface area contributed by atoms with Gasteiger partial charge in [-0.3, -0.25) is 9.59 Å². The van der Waals surface area contributed by atoms with Gasteiger partial charge in [-0.2, -0.15) is 0 Å². The number of carbonyl (C=O) groups excluding carboxylic acids is 3. The van der Waals surface area contributed by atoms with E-state index in [-0.39, 0.29) is 32.4 Å². The van der Waals surface area contributed by atoms with Crippen molar-refractivity contribution in [3.05, 3.63) is 63.1 Å². The molecule has 0 spiro atoms. The minimum Gasteiger partial charge on any atom is -0.545 e. The number of para-hydroxylation sites is 1. The summed E-state index contributed by atoms with van der Waals surface area (Å²) in [5.74, 6) is -2.80. The Kier molecular flexibility index (Phi) is 3.39. The molecule has 0 aliphatic carbocycles. The number of halogens is 2. The predicted molar refractivity (Wildman–Crippen MR) is 78.4 cm³/mol. The molecule has 1 aliphatic rings. The predicted octanol–water partition coefficient (Wildman–Crippen LogP) is 2.16. The SMILES string of the molecule is O=C([O-])c1ccccc1N1C(=O)c2cc(Cl)c(Cl)cc2C1=O. The Morgan fingerprint density at radius 1 is 0.955 bits per heavy atom. The summed E-state index contributed by atoms with van der Waals surface area (Å²) >= 11 is 11.7. The first-order chi connectivity index (χ1) is 10.4. The number of carbonyl (C=O) groups is 3. The number of aromatic carboxylic acids is 1. The van der Waals surface area contributed by atoms with E-state index in [1.54, 1.807) is 0 Å². The molecule has 0 radical (unpaired) electrons. The molecule has 0 saturated carbocycles. The molecule has 0 bridgehead atoms. The standard InChI is InChI=1S/C15H7Cl2NO4/c16-10-5-8-9(6-11(10)17)14(20)18(13(8)19)12-4-2-1-3-7(12)15(21)22/h1-6H,(H,21,22)/p-1. The number of hydrogen-bond donors (Lipinski definition) is 0. The first-order valence-electron chi connectivity index (χ1n) is 6.10. The van der Waals surface area contributed by atoms with Crippen LogP contribution in [0.25, 0.3) is 0 Å². The van der Waals surface area contributed by atoms with Gasteiger partial charge in [0.05, 0.1) is 32.8 Å². The summed E-state index contributed by atoms with van der Waals surface area (Å²) in [4.78, 5) is 36.8. The first-order valence-corrected chi connectivity index (χ1v) is 6.85. The number of nitrogens with zero attached hydrogens (tertiary/aromatic N) is 1. The highest BCUT2D eigenvalue weighted by Crippen LogP contribution is 2.34. The van der Waals surface area contributed by atoms with Crippen molar-refractivity contribution < 1.29 is 19.5 Å². The summed E-state index contributed by atoms with van der Waals surface area (Å²) < 4.78 is 0. The van der Waals surface area contributed by atoms with E-state index in [9.17, 15) is 19.5 Å². The zero-order valence-electron chi connectivity index (χ0n) is 10.8. The highest BCUT2D eigenvalue weighted by molar-refractivity contribution is 6.44. The van der Waals surface area contributed by atoms with Crippen LogP contribution in [-0.2, 0) is 0 Å². The van der Waals surface area contributed by atoms with Gasteiger partial charge in [-0.15, -0.1) is 0 Å². The van der Waals surface area contributed by atoms with E-state index in [1.807, 2.05) is 0 Å². The third-order valence-corrected chi connectivity index (χ3v) is 4.01. The molecule has 0 saturated heterocycles. The second-order valence-corrected chi connectivity index (χ2v) is 5.38. The van der Waals surface area contributed by atoms with Crippen LogP contribution < -0.4 is 10.0 Å². The van der Waals surface area contributed by atoms with E-state index >= 15 is 0 Å². The van der Waals surface area contributed by atoms with Crippen LogP contribution >= 0.6 is 23.2 Å². The molecule has 2 aromatic carbocycles. The van der Waals surface area contributed by atoms with Crippen LogP contribution in [0.4, 0.5) is 5.69 Å². The van der Waals surface area contributed by atoms with Crippen LogP contribution in [0.5, 0.6) is 0 Å². The minimum absolute atomic E-state index is 0.0547. The molecule has 22 heavy (non-hydrogen) atoms. The molecule has 2 amide bonds. The van der Waals surface area contributed by atoms with Crippen molar-refractivity contribution in [1.29, 1.82) is 0 Å². The summed E-state index contributed by atoms with van der Waals surface area (Å²) in [5.41, 5.74) is -0.157. The van der Waals surface area contributed by atoms with Crippen molar-refractivity contribution in [2.75, 3.05) is 4.90 Å². The Balaban J connectivity index is 2.18. The topological polar surface area (TPSA) is 77.5 Å². The molecule has 0 N–H and O–H groups in total. The molecule has 0 unspecified atom stereocenters. The highest BCUT2D eigenvalue weighted by Gasteiger charge is 2.38. The van der Waals surface area contributed by atoms with Gasteiger partial charge in [-0.05, 0) is 18.2 Å². The van der Waals surface area contributed by atoms with Crippen LogP contribution in [0, 0.1) is 0 Å². The molecular weight excluding hydrogens is 329 g/mol. The van der Waals surface area contributed by atoms with Gasteiger partial charge in [0.15, 0.2) is 0 Å². The van der Waals surface area contributed by atoms with Gasteiger partial charge in [0.1, 0.15) is 0 Å². The number of imide groups is 1. The highest BCUT2D eigenvalue weighted by atomic mass is 35.5. The van der Waals surface area contributed by atoms with E-state index in [4.69, 9.17) is 23.2 Å². The Hall–Kier alpha value is -2.37. The number of anilines is 1. The van der Waals surface area contributed by atoms with Gasteiger partial charge in [-0.25, -0.2) is 4.90 Å². The maximum absolute atomic E-state index is 12.4. The molecule has 1 aliphatic heterocycles. The quantitative estimate of drug-likeness (QED) is 0.788. The lowest BCUT2D eigenvalue weighted by molar-refractivity contribution is -0.254. The van der Waals surface area contributed by atoms with Crippen molar-refractivity contribution in [3.63, 3.8) is 0 Å². The summed E-state index contributed by atoms with van der Waals surface area (Å²) in [5, 5.41) is 11.4. The summed E-state index contributed by atoms with van der Waals surface area (Å²) in [6.07, 6.45) is 0. The Morgan fingerprint density at radius 3 is 1.95 bits per heavy atom. The van der Waals surface area contributed by atoms with Crippen LogP contribution in [0.2, 0.25) is 10.0 Å². The van der Waals surface area contributed by atoms with Gasteiger partial charge >= 0.3 is 0 Å². The lowest BCUT2D eigenvalue weighted by atomic mass is 10.1. The fraction of sp³-hybridized carbons (Fsp3) is 0. The normalized spacial score (nSPS) is 13.5. The smallest absolute Gasteiger partial charge is 0.266 e. The van der Waals surface area contributed by atoms with E-state index in [1.165, 1.54) is 36.4 Å². The van der Waals surface area contributed by atoms with Crippen LogP contribution in [0.1, 0.15) is 31.1 Å². The molecule has 110 valence electrons. The fourth-order valence-electron chi connectivity index (χ4n) is 2.29. The van der Waals surface area contributed by atoms with Crippen molar-refractivity contribution >= 4 is 46.7 Å². The molecule has 2 aromatic rings. The van der Waals surface area contributed by atoms with Crippen LogP contribution in [0.3, 0.4) is 0 Å². The molecule has 1 heterocycles. The minimum atomic E-state index is -1.48. The third-order valence-electron chi connectivity index (χ3n) is 3.29. The molecule has 0 atom stereocenters. The zero-order chi connectivity index (χ0) is 16.0. The van der Waals surface area contributed by atoms with E-state index in [0.29, 0.717) is 0 Å². The summed E-state index contributed by atoms with van der Waals surface area (Å²) in [6, 6.07) is 8.19. The number of rotatable bonds is 2. The Bertz CT molecular complexity index is 806. The largest absolute Gasteiger partial charge is 0.545 e. The number of hydrogen-bond acceptors (Lipinski definition) is 4. The van der Waals surface area contributed by atoms with Crippen molar-refractivity contribution in [2.24, 2.45) is 0 Å². The average molecular weight is 335 g/mol. The van der Waals surface area contributed by atoms with E-state index < -0.39 is 17.8 Å². The summed E-state index contributed by atoms with van der Waals surface area (Å²) in [7, 11) is 0. The second kappa shape index (κ2) is 5.12. The van der Waals surface area contributed by atoms with Gasteiger partial charge in [0.25, 0.3) is 11.8 Å². The molecular formula is C15H6Cl2NO4-.